The third-order valence-electron chi connectivity index (χ3n) is 4.37. The normalized spacial score (nSPS) is 20.6. The molecule has 0 radical (unpaired) electrons. The summed E-state index contributed by atoms with van der Waals surface area (Å²) in [5, 5.41) is 0.560. The minimum Gasteiger partial charge on any atom is -0.366 e. The first-order chi connectivity index (χ1) is 9.40. The van der Waals surface area contributed by atoms with Crippen LogP contribution in [0.1, 0.15) is 68.8 Å². The second kappa shape index (κ2) is 5.77. The predicted octanol–water partition coefficient (Wildman–Crippen LogP) is 5.04. The van der Waals surface area contributed by atoms with E-state index in [0.29, 0.717) is 16.5 Å². The second-order valence-electron chi connectivity index (χ2n) is 6.47. The van der Waals surface area contributed by atoms with Gasteiger partial charge in [-0.05, 0) is 50.3 Å². The van der Waals surface area contributed by atoms with Crippen LogP contribution in [0.4, 0.5) is 5.69 Å². The molecule has 2 rings (SSSR count). The number of aldehydes is 1. The lowest BCUT2D eigenvalue weighted by Gasteiger charge is -2.48. The van der Waals surface area contributed by atoms with Gasteiger partial charge in [-0.1, -0.05) is 31.9 Å². The summed E-state index contributed by atoms with van der Waals surface area (Å²) in [5.74, 6) is 0.453. The summed E-state index contributed by atoms with van der Waals surface area (Å²) in [6.07, 6.45) is 4.30. The molecule has 0 saturated carbocycles. The van der Waals surface area contributed by atoms with Crippen molar-refractivity contribution in [2.45, 2.75) is 58.4 Å². The highest BCUT2D eigenvalue weighted by Crippen LogP contribution is 2.45. The van der Waals surface area contributed by atoms with Crippen LogP contribution in [0.25, 0.3) is 0 Å². The molecule has 0 fully saturated rings. The fourth-order valence-electron chi connectivity index (χ4n) is 3.35. The number of anilines is 1. The van der Waals surface area contributed by atoms with Crippen LogP contribution < -0.4 is 4.90 Å². The van der Waals surface area contributed by atoms with Crippen LogP contribution in [-0.2, 0) is 0 Å². The van der Waals surface area contributed by atoms with Crippen LogP contribution >= 0.6 is 11.6 Å². The Morgan fingerprint density at radius 1 is 1.45 bits per heavy atom. The first-order valence-corrected chi connectivity index (χ1v) is 7.84. The van der Waals surface area contributed by atoms with E-state index in [-0.39, 0.29) is 5.54 Å². The maximum absolute atomic E-state index is 11.1. The highest BCUT2D eigenvalue weighted by Gasteiger charge is 2.36. The van der Waals surface area contributed by atoms with Gasteiger partial charge in [0, 0.05) is 23.3 Å². The van der Waals surface area contributed by atoms with E-state index >= 15 is 0 Å². The predicted molar refractivity (Wildman–Crippen MR) is 86.2 cm³/mol. The Morgan fingerprint density at radius 3 is 2.75 bits per heavy atom. The average molecular weight is 294 g/mol. The molecule has 1 heterocycles. The van der Waals surface area contributed by atoms with Crippen LogP contribution in [0.2, 0.25) is 5.02 Å². The molecule has 2 nitrogen and oxygen atoms in total. The summed E-state index contributed by atoms with van der Waals surface area (Å²) in [7, 11) is 0. The van der Waals surface area contributed by atoms with Gasteiger partial charge in [-0.2, -0.15) is 0 Å². The van der Waals surface area contributed by atoms with Gasteiger partial charge >= 0.3 is 0 Å². The quantitative estimate of drug-likeness (QED) is 0.724. The molecule has 0 aliphatic carbocycles. The number of halogens is 1. The Hall–Kier alpha value is -1.02. The Balaban J connectivity index is 2.51. The van der Waals surface area contributed by atoms with E-state index in [2.05, 4.69) is 32.6 Å². The summed E-state index contributed by atoms with van der Waals surface area (Å²) in [6, 6.07) is 3.96. The Kier molecular flexibility index (Phi) is 4.43. The van der Waals surface area contributed by atoms with Gasteiger partial charge in [0.2, 0.25) is 0 Å². The van der Waals surface area contributed by atoms with E-state index < -0.39 is 0 Å². The second-order valence-corrected chi connectivity index (χ2v) is 6.88. The lowest BCUT2D eigenvalue weighted by atomic mass is 9.79. The molecule has 1 aliphatic heterocycles. The number of fused-ring (bicyclic) bond motifs is 1. The number of unbranched alkanes of at least 4 members (excludes halogenated alkanes) is 1. The number of rotatable bonds is 4. The number of carbonyl (C=O) groups is 1. The van der Waals surface area contributed by atoms with E-state index in [4.69, 9.17) is 11.6 Å². The van der Waals surface area contributed by atoms with Gasteiger partial charge in [0.05, 0.1) is 5.02 Å². The lowest BCUT2D eigenvalue weighted by molar-refractivity contribution is 0.112. The van der Waals surface area contributed by atoms with Gasteiger partial charge in [-0.25, -0.2) is 0 Å². The SMILES string of the molecule is CCCCN1c2cc(Cl)c(C=O)cc2[C@@H](C)CC1(C)C. The summed E-state index contributed by atoms with van der Waals surface area (Å²) >= 11 is 6.24. The molecule has 1 aliphatic rings. The Bertz CT molecular complexity index is 510. The maximum Gasteiger partial charge on any atom is 0.151 e. The largest absolute Gasteiger partial charge is 0.366 e. The third-order valence-corrected chi connectivity index (χ3v) is 4.69. The molecule has 0 unspecified atom stereocenters. The van der Waals surface area contributed by atoms with Gasteiger partial charge in [0.15, 0.2) is 6.29 Å². The van der Waals surface area contributed by atoms with E-state index in [0.717, 1.165) is 19.3 Å². The van der Waals surface area contributed by atoms with Crippen molar-refractivity contribution in [1.29, 1.82) is 0 Å². The van der Waals surface area contributed by atoms with Crippen molar-refractivity contribution >= 4 is 23.6 Å². The fourth-order valence-corrected chi connectivity index (χ4v) is 3.55. The third kappa shape index (κ3) is 2.71. The minimum atomic E-state index is 0.133. The van der Waals surface area contributed by atoms with E-state index in [1.54, 1.807) is 0 Å². The van der Waals surface area contributed by atoms with Gasteiger partial charge in [0.25, 0.3) is 0 Å². The molecule has 0 saturated heterocycles. The summed E-state index contributed by atoms with van der Waals surface area (Å²) < 4.78 is 0. The summed E-state index contributed by atoms with van der Waals surface area (Å²) in [4.78, 5) is 13.6. The van der Waals surface area contributed by atoms with E-state index in [1.165, 1.54) is 24.1 Å². The zero-order valence-electron chi connectivity index (χ0n) is 12.9. The van der Waals surface area contributed by atoms with Crippen LogP contribution in [-0.4, -0.2) is 18.4 Å². The molecule has 0 bridgehead atoms. The zero-order chi connectivity index (χ0) is 14.9. The molecule has 1 aromatic carbocycles. The lowest BCUT2D eigenvalue weighted by Crippen LogP contribution is -2.48. The number of hydrogen-bond donors (Lipinski definition) is 0. The molecule has 0 aromatic heterocycles. The van der Waals surface area contributed by atoms with Crippen molar-refractivity contribution in [3.8, 4) is 0 Å². The molecule has 1 aromatic rings. The standard InChI is InChI=1S/C17H24ClNO/c1-5-6-7-19-16-9-15(18)13(11-20)8-14(16)12(2)10-17(19,3)4/h8-9,11-12H,5-7,10H2,1-4H3/t12-/m0/s1. The van der Waals surface area contributed by atoms with Crippen molar-refractivity contribution in [3.05, 3.63) is 28.3 Å². The molecule has 0 spiro atoms. The molecule has 1 atom stereocenters. The van der Waals surface area contributed by atoms with Gasteiger partial charge in [-0.15, -0.1) is 0 Å². The molecular weight excluding hydrogens is 270 g/mol. The van der Waals surface area contributed by atoms with Gasteiger partial charge in [0.1, 0.15) is 0 Å². The average Bonchev–Trinajstić information content (AvgIpc) is 2.37. The number of benzene rings is 1. The van der Waals surface area contributed by atoms with Crippen LogP contribution in [0, 0.1) is 0 Å². The Labute approximate surface area is 127 Å². The molecule has 3 heteroatoms. The fraction of sp³-hybridized carbons (Fsp3) is 0.588. The molecule has 110 valence electrons. The van der Waals surface area contributed by atoms with E-state index in [1.807, 2.05) is 12.1 Å². The molecule has 20 heavy (non-hydrogen) atoms. The van der Waals surface area contributed by atoms with Crippen LogP contribution in [0.5, 0.6) is 0 Å². The van der Waals surface area contributed by atoms with Crippen LogP contribution in [0.15, 0.2) is 12.1 Å². The van der Waals surface area contributed by atoms with Crippen molar-refractivity contribution < 1.29 is 4.79 Å². The minimum absolute atomic E-state index is 0.133. The summed E-state index contributed by atoms with van der Waals surface area (Å²) in [6.45, 7) is 10.1. The van der Waals surface area contributed by atoms with E-state index in [9.17, 15) is 4.79 Å². The van der Waals surface area contributed by atoms with Crippen molar-refractivity contribution in [1.82, 2.24) is 0 Å². The molecule has 0 amide bonds. The highest BCUT2D eigenvalue weighted by molar-refractivity contribution is 6.33. The maximum atomic E-state index is 11.1. The number of hydrogen-bond acceptors (Lipinski definition) is 2. The topological polar surface area (TPSA) is 20.3 Å². The van der Waals surface area contributed by atoms with Gasteiger partial charge < -0.3 is 4.90 Å². The monoisotopic (exact) mass is 293 g/mol. The number of carbonyl (C=O) groups excluding carboxylic acids is 1. The summed E-state index contributed by atoms with van der Waals surface area (Å²) in [5.41, 5.74) is 3.20. The van der Waals surface area contributed by atoms with Crippen molar-refractivity contribution in [3.63, 3.8) is 0 Å². The van der Waals surface area contributed by atoms with Crippen molar-refractivity contribution in [2.24, 2.45) is 0 Å². The number of nitrogens with zero attached hydrogens (tertiary/aromatic N) is 1. The first kappa shape index (κ1) is 15.4. The van der Waals surface area contributed by atoms with Gasteiger partial charge in [-0.3, -0.25) is 4.79 Å². The van der Waals surface area contributed by atoms with Crippen molar-refractivity contribution in [2.75, 3.05) is 11.4 Å². The highest BCUT2D eigenvalue weighted by atomic mass is 35.5. The molecule has 0 N–H and O–H groups in total. The Morgan fingerprint density at radius 2 is 2.15 bits per heavy atom. The smallest absolute Gasteiger partial charge is 0.151 e. The zero-order valence-corrected chi connectivity index (χ0v) is 13.6. The molecular formula is C17H24ClNO. The first-order valence-electron chi connectivity index (χ1n) is 7.47. The van der Waals surface area contributed by atoms with Crippen LogP contribution in [0.3, 0.4) is 0 Å².